The number of aliphatic hydroxyl groups excluding tert-OH is 2. The average Bonchev–Trinajstić information content (AvgIpc) is 2.93. The van der Waals surface area contributed by atoms with Gasteiger partial charge in [-0.3, -0.25) is 4.79 Å². The molecule has 0 heterocycles. The van der Waals surface area contributed by atoms with Crippen molar-refractivity contribution in [1.29, 1.82) is 0 Å². The molecule has 0 radical (unpaired) electrons. The molecule has 0 amide bonds. The molecule has 0 aromatic carbocycles. The first-order valence-electron chi connectivity index (χ1n) is 9.11. The second-order valence-electron chi connectivity index (χ2n) is 6.55. The SMILES string of the molecule is CCCCCC(O)/C=C/C1C=CC(=O)C1C(O)CCC/C=C/C(=O)O. The van der Waals surface area contributed by atoms with Crippen LogP contribution in [-0.4, -0.2) is 39.3 Å². The van der Waals surface area contributed by atoms with Crippen LogP contribution in [-0.2, 0) is 9.59 Å². The van der Waals surface area contributed by atoms with Crippen LogP contribution in [0.1, 0.15) is 51.9 Å². The molecule has 1 rings (SSSR count). The van der Waals surface area contributed by atoms with E-state index in [-0.39, 0.29) is 11.7 Å². The average molecular weight is 350 g/mol. The summed E-state index contributed by atoms with van der Waals surface area (Å²) < 4.78 is 0. The lowest BCUT2D eigenvalue weighted by Gasteiger charge is -2.21. The number of carboxylic acid groups (broad SMARTS) is 1. The third kappa shape index (κ3) is 8.27. The molecule has 140 valence electrons. The molecule has 4 unspecified atom stereocenters. The lowest BCUT2D eigenvalue weighted by atomic mass is 9.86. The zero-order valence-corrected chi connectivity index (χ0v) is 14.9. The van der Waals surface area contributed by atoms with Crippen LogP contribution in [0.4, 0.5) is 0 Å². The summed E-state index contributed by atoms with van der Waals surface area (Å²) in [6.45, 7) is 2.11. The van der Waals surface area contributed by atoms with Crippen LogP contribution in [0.3, 0.4) is 0 Å². The first-order chi connectivity index (χ1) is 12.0. The van der Waals surface area contributed by atoms with Crippen LogP contribution in [0.15, 0.2) is 36.5 Å². The van der Waals surface area contributed by atoms with E-state index in [0.29, 0.717) is 25.7 Å². The highest BCUT2D eigenvalue weighted by atomic mass is 16.4. The lowest BCUT2D eigenvalue weighted by Crippen LogP contribution is -2.29. The second-order valence-corrected chi connectivity index (χ2v) is 6.55. The number of aliphatic hydroxyl groups is 2. The van der Waals surface area contributed by atoms with Gasteiger partial charge >= 0.3 is 5.97 Å². The van der Waals surface area contributed by atoms with E-state index in [1.807, 2.05) is 6.08 Å². The summed E-state index contributed by atoms with van der Waals surface area (Å²) >= 11 is 0. The smallest absolute Gasteiger partial charge is 0.327 e. The standard InChI is InChI=1S/C20H30O5/c1-2-3-5-8-16(21)13-11-15-12-14-18(23)20(15)17(22)9-6-4-7-10-19(24)25/h7,10-17,20-22H,2-6,8-9H2,1H3,(H,24,25)/b10-7+,13-11+. The molecule has 5 nitrogen and oxygen atoms in total. The molecule has 4 atom stereocenters. The van der Waals surface area contributed by atoms with Crippen LogP contribution in [0.2, 0.25) is 0 Å². The zero-order valence-electron chi connectivity index (χ0n) is 14.9. The number of aliphatic carboxylic acids is 1. The molecule has 0 bridgehead atoms. The van der Waals surface area contributed by atoms with Gasteiger partial charge in [0.2, 0.25) is 0 Å². The van der Waals surface area contributed by atoms with E-state index in [1.165, 1.54) is 6.08 Å². The maximum absolute atomic E-state index is 12.0. The number of carboxylic acids is 1. The molecule has 25 heavy (non-hydrogen) atoms. The van der Waals surface area contributed by atoms with E-state index in [2.05, 4.69) is 6.92 Å². The van der Waals surface area contributed by atoms with Crippen molar-refractivity contribution in [3.63, 3.8) is 0 Å². The van der Waals surface area contributed by atoms with Crippen molar-refractivity contribution in [2.45, 2.75) is 64.1 Å². The van der Waals surface area contributed by atoms with Crippen LogP contribution in [0.5, 0.6) is 0 Å². The molecule has 1 aliphatic carbocycles. The molecule has 0 aromatic heterocycles. The zero-order chi connectivity index (χ0) is 18.7. The number of unbranched alkanes of at least 4 members (excludes halogenated alkanes) is 3. The van der Waals surface area contributed by atoms with Gasteiger partial charge in [0.15, 0.2) is 5.78 Å². The summed E-state index contributed by atoms with van der Waals surface area (Å²) in [5.74, 6) is -1.79. The topological polar surface area (TPSA) is 94.8 Å². The van der Waals surface area contributed by atoms with Gasteiger partial charge in [-0.15, -0.1) is 0 Å². The first-order valence-corrected chi connectivity index (χ1v) is 9.11. The number of rotatable bonds is 12. The normalized spacial score (nSPS) is 22.9. The number of carbonyl (C=O) groups excluding carboxylic acids is 1. The summed E-state index contributed by atoms with van der Waals surface area (Å²) in [6.07, 6.45) is 13.6. The lowest BCUT2D eigenvalue weighted by molar-refractivity contribution is -0.131. The van der Waals surface area contributed by atoms with Gasteiger partial charge in [-0.1, -0.05) is 50.5 Å². The highest BCUT2D eigenvalue weighted by molar-refractivity contribution is 5.95. The minimum absolute atomic E-state index is 0.0938. The Kier molecular flexibility index (Phi) is 10.0. The Balaban J connectivity index is 2.47. The fourth-order valence-corrected chi connectivity index (χ4v) is 3.02. The molecular weight excluding hydrogens is 320 g/mol. The maximum Gasteiger partial charge on any atom is 0.327 e. The first kappa shape index (κ1) is 21.3. The van der Waals surface area contributed by atoms with Gasteiger partial charge in [0, 0.05) is 12.0 Å². The fourth-order valence-electron chi connectivity index (χ4n) is 3.02. The Morgan fingerprint density at radius 3 is 2.68 bits per heavy atom. The minimum Gasteiger partial charge on any atom is -0.478 e. The van der Waals surface area contributed by atoms with Crippen molar-refractivity contribution < 1.29 is 24.9 Å². The van der Waals surface area contributed by atoms with Crippen LogP contribution in [0.25, 0.3) is 0 Å². The Morgan fingerprint density at radius 2 is 2.00 bits per heavy atom. The van der Waals surface area contributed by atoms with E-state index >= 15 is 0 Å². The molecule has 0 saturated heterocycles. The van der Waals surface area contributed by atoms with Crippen molar-refractivity contribution in [3.05, 3.63) is 36.5 Å². The van der Waals surface area contributed by atoms with Gasteiger partial charge in [0.1, 0.15) is 0 Å². The Bertz CT molecular complexity index is 506. The molecule has 0 aliphatic heterocycles. The van der Waals surface area contributed by atoms with E-state index in [9.17, 15) is 19.8 Å². The molecule has 1 aliphatic rings. The van der Waals surface area contributed by atoms with Gasteiger partial charge in [0.05, 0.1) is 18.1 Å². The number of allylic oxidation sites excluding steroid dienone is 4. The van der Waals surface area contributed by atoms with Crippen molar-refractivity contribution in [2.75, 3.05) is 0 Å². The van der Waals surface area contributed by atoms with E-state index in [1.54, 1.807) is 18.2 Å². The Morgan fingerprint density at radius 1 is 1.24 bits per heavy atom. The number of carbonyl (C=O) groups is 2. The minimum atomic E-state index is -0.988. The molecular formula is C20H30O5. The van der Waals surface area contributed by atoms with Crippen LogP contribution >= 0.6 is 0 Å². The van der Waals surface area contributed by atoms with Gasteiger partial charge in [-0.05, 0) is 31.8 Å². The summed E-state index contributed by atoms with van der Waals surface area (Å²) in [6, 6.07) is 0. The Labute approximate surface area is 149 Å². The van der Waals surface area contributed by atoms with Crippen LogP contribution in [0, 0.1) is 11.8 Å². The van der Waals surface area contributed by atoms with E-state index in [4.69, 9.17) is 5.11 Å². The number of hydrogen-bond donors (Lipinski definition) is 3. The summed E-state index contributed by atoms with van der Waals surface area (Å²) in [5, 5.41) is 28.8. The third-order valence-electron chi connectivity index (χ3n) is 4.43. The van der Waals surface area contributed by atoms with Gasteiger partial charge in [-0.2, -0.15) is 0 Å². The van der Waals surface area contributed by atoms with Crippen molar-refractivity contribution in [3.8, 4) is 0 Å². The monoisotopic (exact) mass is 350 g/mol. The maximum atomic E-state index is 12.0. The number of ketones is 1. The largest absolute Gasteiger partial charge is 0.478 e. The van der Waals surface area contributed by atoms with Gasteiger partial charge < -0.3 is 15.3 Å². The Hall–Kier alpha value is -1.72. The highest BCUT2D eigenvalue weighted by Crippen LogP contribution is 2.29. The molecule has 0 spiro atoms. The summed E-state index contributed by atoms with van der Waals surface area (Å²) in [7, 11) is 0. The van der Waals surface area contributed by atoms with Crippen molar-refractivity contribution >= 4 is 11.8 Å². The second kappa shape index (κ2) is 11.8. The molecule has 5 heteroatoms. The summed E-state index contributed by atoms with van der Waals surface area (Å²) in [5.41, 5.74) is 0. The predicted octanol–water partition coefficient (Wildman–Crippen LogP) is 3.03. The van der Waals surface area contributed by atoms with Crippen molar-refractivity contribution in [1.82, 2.24) is 0 Å². The molecule has 0 saturated carbocycles. The molecule has 0 fully saturated rings. The predicted molar refractivity (Wildman–Crippen MR) is 97.0 cm³/mol. The third-order valence-corrected chi connectivity index (χ3v) is 4.43. The molecule has 3 N–H and O–H groups in total. The van der Waals surface area contributed by atoms with Gasteiger partial charge in [0.25, 0.3) is 0 Å². The van der Waals surface area contributed by atoms with E-state index < -0.39 is 24.1 Å². The van der Waals surface area contributed by atoms with E-state index in [0.717, 1.165) is 25.3 Å². The fraction of sp³-hybridized carbons (Fsp3) is 0.600. The highest BCUT2D eigenvalue weighted by Gasteiger charge is 2.34. The van der Waals surface area contributed by atoms with Crippen LogP contribution < -0.4 is 0 Å². The quantitative estimate of drug-likeness (QED) is 0.286. The van der Waals surface area contributed by atoms with Crippen molar-refractivity contribution in [2.24, 2.45) is 11.8 Å². The van der Waals surface area contributed by atoms with Gasteiger partial charge in [-0.25, -0.2) is 4.79 Å². The molecule has 0 aromatic rings. The summed E-state index contributed by atoms with van der Waals surface area (Å²) in [4.78, 5) is 22.4. The number of hydrogen-bond acceptors (Lipinski definition) is 4.